The van der Waals surface area contributed by atoms with E-state index in [0.29, 0.717) is 11.6 Å². The molecule has 0 radical (unpaired) electrons. The predicted octanol–water partition coefficient (Wildman–Crippen LogP) is 3.03. The van der Waals surface area contributed by atoms with Crippen LogP contribution in [0.1, 0.15) is 12.8 Å². The molecular formula is C12H13FN2OS. The second kappa shape index (κ2) is 4.58. The molecule has 1 unspecified atom stereocenters. The van der Waals surface area contributed by atoms with Crippen LogP contribution in [0.4, 0.5) is 9.52 Å². The number of ether oxygens (including phenoxy) is 1. The van der Waals surface area contributed by atoms with Crippen LogP contribution in [0.3, 0.4) is 0 Å². The highest BCUT2D eigenvalue weighted by Gasteiger charge is 2.15. The Labute approximate surface area is 103 Å². The number of hydrogen-bond acceptors (Lipinski definition) is 4. The summed E-state index contributed by atoms with van der Waals surface area (Å²) in [6, 6.07) is 4.69. The van der Waals surface area contributed by atoms with Crippen molar-refractivity contribution >= 4 is 26.7 Å². The average molecular weight is 252 g/mol. The summed E-state index contributed by atoms with van der Waals surface area (Å²) in [5, 5.41) is 4.09. The van der Waals surface area contributed by atoms with E-state index in [1.54, 1.807) is 17.4 Å². The summed E-state index contributed by atoms with van der Waals surface area (Å²) in [4.78, 5) is 4.35. The number of aromatic nitrogens is 1. The minimum atomic E-state index is -0.242. The molecule has 1 atom stereocenters. The molecule has 1 aromatic heterocycles. The van der Waals surface area contributed by atoms with Crippen LogP contribution in [0.15, 0.2) is 18.2 Å². The lowest BCUT2D eigenvalue weighted by Crippen LogP contribution is -2.18. The fraction of sp³-hybridized carbons (Fsp3) is 0.417. The molecule has 0 aliphatic carbocycles. The number of anilines is 1. The maximum atomic E-state index is 13.0. The molecule has 0 saturated carbocycles. The van der Waals surface area contributed by atoms with Gasteiger partial charge in [0, 0.05) is 19.2 Å². The van der Waals surface area contributed by atoms with E-state index in [1.807, 2.05) is 0 Å². The van der Waals surface area contributed by atoms with Gasteiger partial charge in [-0.25, -0.2) is 9.37 Å². The Morgan fingerprint density at radius 3 is 3.29 bits per heavy atom. The molecule has 3 rings (SSSR count). The van der Waals surface area contributed by atoms with Gasteiger partial charge in [-0.1, -0.05) is 11.3 Å². The quantitative estimate of drug-likeness (QED) is 0.911. The van der Waals surface area contributed by atoms with Gasteiger partial charge < -0.3 is 10.1 Å². The summed E-state index contributed by atoms with van der Waals surface area (Å²) in [7, 11) is 0. The zero-order valence-electron chi connectivity index (χ0n) is 9.28. The Balaban J connectivity index is 1.72. The van der Waals surface area contributed by atoms with Gasteiger partial charge in [0.2, 0.25) is 0 Å². The maximum Gasteiger partial charge on any atom is 0.183 e. The number of thiazole rings is 1. The van der Waals surface area contributed by atoms with Gasteiger partial charge in [0.15, 0.2) is 5.13 Å². The zero-order valence-corrected chi connectivity index (χ0v) is 10.1. The first kappa shape index (κ1) is 10.9. The Kier molecular flexibility index (Phi) is 2.94. The third-order valence-electron chi connectivity index (χ3n) is 2.85. The van der Waals surface area contributed by atoms with Gasteiger partial charge in [0.05, 0.1) is 16.3 Å². The number of benzene rings is 1. The highest BCUT2D eigenvalue weighted by molar-refractivity contribution is 7.22. The van der Waals surface area contributed by atoms with E-state index in [2.05, 4.69) is 10.3 Å². The van der Waals surface area contributed by atoms with Crippen molar-refractivity contribution in [2.45, 2.75) is 18.9 Å². The average Bonchev–Trinajstić information content (AvgIpc) is 2.94. The highest BCUT2D eigenvalue weighted by atomic mass is 32.1. The largest absolute Gasteiger partial charge is 0.376 e. The van der Waals surface area contributed by atoms with Crippen LogP contribution in [-0.4, -0.2) is 24.2 Å². The molecule has 90 valence electrons. The van der Waals surface area contributed by atoms with E-state index < -0.39 is 0 Å². The lowest BCUT2D eigenvalue weighted by Gasteiger charge is -2.08. The molecule has 17 heavy (non-hydrogen) atoms. The molecular weight excluding hydrogens is 239 g/mol. The maximum absolute atomic E-state index is 13.0. The van der Waals surface area contributed by atoms with Crippen molar-refractivity contribution in [1.29, 1.82) is 0 Å². The molecule has 0 spiro atoms. The van der Waals surface area contributed by atoms with Gasteiger partial charge in [0.25, 0.3) is 0 Å². The number of halogens is 1. The number of fused-ring (bicyclic) bond motifs is 1. The fourth-order valence-electron chi connectivity index (χ4n) is 1.98. The molecule has 2 heterocycles. The normalized spacial score (nSPS) is 19.9. The topological polar surface area (TPSA) is 34.1 Å². The zero-order chi connectivity index (χ0) is 11.7. The summed E-state index contributed by atoms with van der Waals surface area (Å²) in [6.07, 6.45) is 2.53. The van der Waals surface area contributed by atoms with Crippen molar-refractivity contribution in [2.24, 2.45) is 0 Å². The van der Waals surface area contributed by atoms with Gasteiger partial charge in [-0.2, -0.15) is 0 Å². The molecule has 1 aromatic carbocycles. The van der Waals surface area contributed by atoms with Gasteiger partial charge in [-0.15, -0.1) is 0 Å². The summed E-state index contributed by atoms with van der Waals surface area (Å²) in [5.41, 5.74) is 0.713. The fourth-order valence-corrected chi connectivity index (χ4v) is 2.84. The number of hydrogen-bond donors (Lipinski definition) is 1. The van der Waals surface area contributed by atoms with Crippen LogP contribution in [0.5, 0.6) is 0 Å². The second-order valence-electron chi connectivity index (χ2n) is 4.15. The van der Waals surface area contributed by atoms with E-state index in [1.165, 1.54) is 12.1 Å². The summed E-state index contributed by atoms with van der Waals surface area (Å²) in [5.74, 6) is -0.242. The van der Waals surface area contributed by atoms with Crippen LogP contribution in [0, 0.1) is 5.82 Å². The van der Waals surface area contributed by atoms with Gasteiger partial charge in [-0.3, -0.25) is 0 Å². The minimum Gasteiger partial charge on any atom is -0.376 e. The molecule has 1 aliphatic rings. The highest BCUT2D eigenvalue weighted by Crippen LogP contribution is 2.26. The number of nitrogens with zero attached hydrogens (tertiary/aromatic N) is 1. The van der Waals surface area contributed by atoms with Crippen molar-refractivity contribution in [1.82, 2.24) is 4.98 Å². The first-order valence-corrected chi connectivity index (χ1v) is 6.54. The summed E-state index contributed by atoms with van der Waals surface area (Å²) < 4.78 is 19.5. The molecule has 0 bridgehead atoms. The van der Waals surface area contributed by atoms with Crippen LogP contribution in [0.25, 0.3) is 10.2 Å². The van der Waals surface area contributed by atoms with E-state index in [9.17, 15) is 4.39 Å². The van der Waals surface area contributed by atoms with Gasteiger partial charge in [0.1, 0.15) is 5.82 Å². The second-order valence-corrected chi connectivity index (χ2v) is 5.18. The van der Waals surface area contributed by atoms with Crippen molar-refractivity contribution < 1.29 is 9.13 Å². The molecule has 0 amide bonds. The Bertz CT molecular complexity index is 522. The van der Waals surface area contributed by atoms with Crippen LogP contribution in [0.2, 0.25) is 0 Å². The van der Waals surface area contributed by atoms with E-state index in [4.69, 9.17) is 4.74 Å². The van der Waals surface area contributed by atoms with Crippen molar-refractivity contribution in [2.75, 3.05) is 18.5 Å². The predicted molar refractivity (Wildman–Crippen MR) is 67.0 cm³/mol. The number of rotatable bonds is 3. The van der Waals surface area contributed by atoms with Crippen LogP contribution >= 0.6 is 11.3 Å². The summed E-state index contributed by atoms with van der Waals surface area (Å²) in [6.45, 7) is 1.64. The molecule has 1 fully saturated rings. The van der Waals surface area contributed by atoms with Gasteiger partial charge in [-0.05, 0) is 25.0 Å². The first-order chi connectivity index (χ1) is 8.31. The van der Waals surface area contributed by atoms with E-state index in [0.717, 1.165) is 35.8 Å². The van der Waals surface area contributed by atoms with Crippen LogP contribution < -0.4 is 5.32 Å². The molecule has 5 heteroatoms. The summed E-state index contributed by atoms with van der Waals surface area (Å²) >= 11 is 1.54. The molecule has 1 N–H and O–H groups in total. The molecule has 3 nitrogen and oxygen atoms in total. The Morgan fingerprint density at radius 2 is 2.47 bits per heavy atom. The standard InChI is InChI=1S/C12H13FN2OS/c13-8-3-4-11-10(6-8)15-12(17-11)14-7-9-2-1-5-16-9/h3-4,6,9H,1-2,5,7H2,(H,14,15). The Morgan fingerprint density at radius 1 is 1.53 bits per heavy atom. The smallest absolute Gasteiger partial charge is 0.183 e. The SMILES string of the molecule is Fc1ccc2sc(NCC3CCCO3)nc2c1. The lowest BCUT2D eigenvalue weighted by molar-refractivity contribution is 0.120. The molecule has 1 aliphatic heterocycles. The van der Waals surface area contributed by atoms with Crippen molar-refractivity contribution in [3.63, 3.8) is 0 Å². The Hall–Kier alpha value is -1.20. The van der Waals surface area contributed by atoms with Crippen LogP contribution in [-0.2, 0) is 4.74 Å². The third-order valence-corrected chi connectivity index (χ3v) is 3.85. The molecule has 1 saturated heterocycles. The van der Waals surface area contributed by atoms with Gasteiger partial charge >= 0.3 is 0 Å². The van der Waals surface area contributed by atoms with Crippen molar-refractivity contribution in [3.05, 3.63) is 24.0 Å². The van der Waals surface area contributed by atoms with Crippen molar-refractivity contribution in [3.8, 4) is 0 Å². The monoisotopic (exact) mass is 252 g/mol. The first-order valence-electron chi connectivity index (χ1n) is 5.73. The number of nitrogens with one attached hydrogen (secondary N) is 1. The third kappa shape index (κ3) is 2.40. The molecule has 2 aromatic rings. The lowest BCUT2D eigenvalue weighted by atomic mass is 10.2. The van der Waals surface area contributed by atoms with E-state index in [-0.39, 0.29) is 5.82 Å². The van der Waals surface area contributed by atoms with E-state index >= 15 is 0 Å². The minimum absolute atomic E-state index is 0.242.